The molecule has 1 saturated carbocycles. The van der Waals surface area contributed by atoms with Crippen molar-refractivity contribution in [3.8, 4) is 5.75 Å². The van der Waals surface area contributed by atoms with E-state index in [0.29, 0.717) is 25.4 Å². The number of methoxy groups -OCH3 is 1. The van der Waals surface area contributed by atoms with E-state index >= 15 is 0 Å². The first kappa shape index (κ1) is 19.2. The summed E-state index contributed by atoms with van der Waals surface area (Å²) in [6, 6.07) is 7.58. The second-order valence-corrected chi connectivity index (χ2v) is 8.52. The number of piperidine rings is 2. The lowest BCUT2D eigenvalue weighted by Crippen LogP contribution is -2.59. The summed E-state index contributed by atoms with van der Waals surface area (Å²) in [5, 5.41) is 12.4. The minimum atomic E-state index is -0.549. The molecule has 1 aliphatic carbocycles. The van der Waals surface area contributed by atoms with Crippen molar-refractivity contribution < 1.29 is 19.5 Å². The molecule has 1 spiro atoms. The number of nitrogens with one attached hydrogen (secondary N) is 2. The summed E-state index contributed by atoms with van der Waals surface area (Å²) in [5.41, 5.74) is 3.16. The zero-order valence-corrected chi connectivity index (χ0v) is 16.3. The number of hydrogen-bond acceptors (Lipinski definition) is 5. The summed E-state index contributed by atoms with van der Waals surface area (Å²) in [7, 11) is 1.67. The maximum atomic E-state index is 13.1. The van der Waals surface area contributed by atoms with Gasteiger partial charge in [-0.25, -0.2) is 5.48 Å². The number of ether oxygens (including phenoxy) is 1. The molecule has 152 valence electrons. The molecular formula is C21H29N3O4. The Hall–Kier alpha value is -2.12. The predicted molar refractivity (Wildman–Crippen MR) is 103 cm³/mol. The molecular weight excluding hydrogens is 358 g/mol. The number of likely N-dealkylation sites (tertiary alicyclic amines) is 1. The van der Waals surface area contributed by atoms with Gasteiger partial charge in [0.25, 0.3) is 0 Å². The van der Waals surface area contributed by atoms with E-state index in [0.717, 1.165) is 38.0 Å². The van der Waals surface area contributed by atoms with Crippen molar-refractivity contribution in [2.75, 3.05) is 26.7 Å². The normalized spacial score (nSPS) is 26.7. The van der Waals surface area contributed by atoms with Crippen molar-refractivity contribution in [3.63, 3.8) is 0 Å². The van der Waals surface area contributed by atoms with Crippen LogP contribution in [0.15, 0.2) is 24.3 Å². The van der Waals surface area contributed by atoms with Gasteiger partial charge in [0, 0.05) is 19.6 Å². The van der Waals surface area contributed by atoms with Crippen molar-refractivity contribution in [2.24, 2.45) is 11.3 Å². The minimum Gasteiger partial charge on any atom is -0.497 e. The molecule has 2 unspecified atom stereocenters. The van der Waals surface area contributed by atoms with Gasteiger partial charge in [-0.05, 0) is 61.1 Å². The van der Waals surface area contributed by atoms with Gasteiger partial charge in [-0.3, -0.25) is 14.8 Å². The van der Waals surface area contributed by atoms with Crippen LogP contribution in [0.5, 0.6) is 5.75 Å². The molecule has 2 aliphatic heterocycles. The third-order valence-corrected chi connectivity index (χ3v) is 6.79. The number of benzene rings is 1. The third kappa shape index (κ3) is 3.73. The smallest absolute Gasteiger partial charge is 0.248 e. The van der Waals surface area contributed by atoms with Gasteiger partial charge >= 0.3 is 0 Å². The maximum absolute atomic E-state index is 13.1. The van der Waals surface area contributed by atoms with Crippen molar-refractivity contribution >= 4 is 11.8 Å². The molecule has 0 radical (unpaired) electrons. The second kappa shape index (κ2) is 7.72. The Kier molecular flexibility index (Phi) is 5.29. The zero-order valence-electron chi connectivity index (χ0n) is 16.3. The fourth-order valence-corrected chi connectivity index (χ4v) is 4.79. The fraction of sp³-hybridized carbons (Fsp3) is 0.619. The summed E-state index contributed by atoms with van der Waals surface area (Å²) in [6.45, 7) is 2.13. The summed E-state index contributed by atoms with van der Waals surface area (Å²) in [5.74, 6) is 0.278. The van der Waals surface area contributed by atoms with Gasteiger partial charge in [-0.2, -0.15) is 0 Å². The number of hydrogen-bond donors (Lipinski definition) is 3. The van der Waals surface area contributed by atoms with E-state index in [4.69, 9.17) is 9.94 Å². The number of carbonyl (C=O) groups excluding carboxylic acids is 2. The summed E-state index contributed by atoms with van der Waals surface area (Å²) in [4.78, 5) is 27.2. The van der Waals surface area contributed by atoms with Crippen LogP contribution in [0.3, 0.4) is 0 Å². The Bertz CT molecular complexity index is 741. The Labute approximate surface area is 165 Å². The van der Waals surface area contributed by atoms with Crippen LogP contribution in [0.1, 0.15) is 43.6 Å². The SMILES string of the molecule is COc1cccc(C2CCN(C(=O)C3NCC4(CC4)CC3C(=O)NO)CC2)c1. The molecule has 2 atom stereocenters. The molecule has 3 aliphatic rings. The van der Waals surface area contributed by atoms with Crippen LogP contribution in [0.2, 0.25) is 0 Å². The molecule has 28 heavy (non-hydrogen) atoms. The maximum Gasteiger partial charge on any atom is 0.248 e. The number of carbonyl (C=O) groups is 2. The van der Waals surface area contributed by atoms with Crippen molar-refractivity contribution in [1.82, 2.24) is 15.7 Å². The molecule has 2 amide bonds. The van der Waals surface area contributed by atoms with Gasteiger partial charge in [0.05, 0.1) is 19.1 Å². The van der Waals surface area contributed by atoms with E-state index in [9.17, 15) is 9.59 Å². The van der Waals surface area contributed by atoms with Crippen LogP contribution < -0.4 is 15.5 Å². The van der Waals surface area contributed by atoms with Crippen LogP contribution >= 0.6 is 0 Å². The molecule has 1 aromatic carbocycles. The van der Waals surface area contributed by atoms with Crippen LogP contribution in [-0.4, -0.2) is 54.7 Å². The van der Waals surface area contributed by atoms with Crippen LogP contribution in [0.25, 0.3) is 0 Å². The monoisotopic (exact) mass is 387 g/mol. The van der Waals surface area contributed by atoms with E-state index in [1.807, 2.05) is 17.0 Å². The fourth-order valence-electron chi connectivity index (χ4n) is 4.79. The molecule has 2 heterocycles. The molecule has 3 fully saturated rings. The second-order valence-electron chi connectivity index (χ2n) is 8.52. The minimum absolute atomic E-state index is 0.0202. The molecule has 3 N–H and O–H groups in total. The highest BCUT2D eigenvalue weighted by Gasteiger charge is 2.52. The van der Waals surface area contributed by atoms with E-state index in [1.54, 1.807) is 12.6 Å². The first-order valence-electron chi connectivity index (χ1n) is 10.2. The molecule has 7 nitrogen and oxygen atoms in total. The average molecular weight is 387 g/mol. The van der Waals surface area contributed by atoms with E-state index in [1.165, 1.54) is 5.56 Å². The predicted octanol–water partition coefficient (Wildman–Crippen LogP) is 1.66. The lowest BCUT2D eigenvalue weighted by Gasteiger charge is -2.40. The topological polar surface area (TPSA) is 90.9 Å². The Balaban J connectivity index is 1.39. The molecule has 1 aromatic rings. The van der Waals surface area contributed by atoms with E-state index in [-0.39, 0.29) is 11.3 Å². The van der Waals surface area contributed by atoms with Crippen molar-refractivity contribution in [3.05, 3.63) is 29.8 Å². The first-order valence-corrected chi connectivity index (χ1v) is 10.2. The highest BCUT2D eigenvalue weighted by atomic mass is 16.5. The highest BCUT2D eigenvalue weighted by Crippen LogP contribution is 2.52. The van der Waals surface area contributed by atoms with Gasteiger partial charge in [-0.15, -0.1) is 0 Å². The summed E-state index contributed by atoms with van der Waals surface area (Å²) in [6.07, 6.45) is 4.63. The van der Waals surface area contributed by atoms with Crippen molar-refractivity contribution in [2.45, 2.75) is 44.1 Å². The summed E-state index contributed by atoms with van der Waals surface area (Å²) >= 11 is 0. The van der Waals surface area contributed by atoms with Crippen LogP contribution in [-0.2, 0) is 9.59 Å². The molecule has 7 heteroatoms. The first-order chi connectivity index (χ1) is 13.5. The lowest BCUT2D eigenvalue weighted by atomic mass is 9.81. The quantitative estimate of drug-likeness (QED) is 0.540. The van der Waals surface area contributed by atoms with Crippen LogP contribution in [0, 0.1) is 11.3 Å². The average Bonchev–Trinajstić information content (AvgIpc) is 3.51. The molecule has 2 saturated heterocycles. The lowest BCUT2D eigenvalue weighted by molar-refractivity contribution is -0.145. The van der Waals surface area contributed by atoms with Gasteiger partial charge in [-0.1, -0.05) is 12.1 Å². The van der Waals surface area contributed by atoms with Gasteiger partial charge in [0.1, 0.15) is 5.75 Å². The number of nitrogens with zero attached hydrogens (tertiary/aromatic N) is 1. The third-order valence-electron chi connectivity index (χ3n) is 6.79. The molecule has 4 rings (SSSR count). The van der Waals surface area contributed by atoms with Gasteiger partial charge in [0.2, 0.25) is 11.8 Å². The van der Waals surface area contributed by atoms with Gasteiger partial charge in [0.15, 0.2) is 0 Å². The Morgan fingerprint density at radius 2 is 2.04 bits per heavy atom. The van der Waals surface area contributed by atoms with E-state index in [2.05, 4.69) is 17.4 Å². The highest BCUT2D eigenvalue weighted by molar-refractivity contribution is 5.90. The van der Waals surface area contributed by atoms with Crippen molar-refractivity contribution in [1.29, 1.82) is 0 Å². The Morgan fingerprint density at radius 3 is 2.68 bits per heavy atom. The molecule has 0 bridgehead atoms. The number of amides is 2. The number of hydroxylamine groups is 1. The number of rotatable bonds is 4. The standard InChI is InChI=1S/C21H29N3O4/c1-28-16-4-2-3-15(11-16)14-5-9-24(10-6-14)20(26)18-17(19(25)23-27)12-21(7-8-21)13-22-18/h2-4,11,14,17-18,22,27H,5-10,12-13H2,1H3,(H,23,25). The summed E-state index contributed by atoms with van der Waals surface area (Å²) < 4.78 is 5.32. The largest absolute Gasteiger partial charge is 0.497 e. The van der Waals surface area contributed by atoms with Crippen LogP contribution in [0.4, 0.5) is 0 Å². The Morgan fingerprint density at radius 1 is 1.29 bits per heavy atom. The van der Waals surface area contributed by atoms with E-state index < -0.39 is 17.9 Å². The molecule has 0 aromatic heterocycles. The zero-order chi connectivity index (χ0) is 19.7. The van der Waals surface area contributed by atoms with Gasteiger partial charge < -0.3 is 15.0 Å².